The summed E-state index contributed by atoms with van der Waals surface area (Å²) >= 11 is 7.41. The summed E-state index contributed by atoms with van der Waals surface area (Å²) in [5.74, 6) is 0. The van der Waals surface area contributed by atoms with Crippen molar-refractivity contribution >= 4 is 23.4 Å². The number of benzene rings is 1. The van der Waals surface area contributed by atoms with E-state index in [1.54, 1.807) is 18.0 Å². The zero-order valence-electron chi connectivity index (χ0n) is 10.1. The lowest BCUT2D eigenvalue weighted by atomic mass is 10.1. The van der Waals surface area contributed by atoms with Crippen LogP contribution in [0.2, 0.25) is 5.02 Å². The highest BCUT2D eigenvalue weighted by atomic mass is 35.5. The van der Waals surface area contributed by atoms with Crippen molar-refractivity contribution in [1.29, 1.82) is 0 Å². The molecule has 1 aromatic carbocycles. The highest BCUT2D eigenvalue weighted by molar-refractivity contribution is 7.99. The van der Waals surface area contributed by atoms with Crippen molar-refractivity contribution in [2.75, 3.05) is 0 Å². The van der Waals surface area contributed by atoms with Crippen LogP contribution in [0.1, 0.15) is 24.9 Å². The molecule has 2 nitrogen and oxygen atoms in total. The summed E-state index contributed by atoms with van der Waals surface area (Å²) in [5, 5.41) is 1.59. The number of hydrogen-bond donors (Lipinski definition) is 1. The van der Waals surface area contributed by atoms with Gasteiger partial charge in [0, 0.05) is 17.1 Å². The Hall–Kier alpha value is -1.03. The van der Waals surface area contributed by atoms with E-state index in [0.29, 0.717) is 5.02 Å². The standard InChI is InChI=1S/C14H15ClN2S/c1-2-13(16)10-3-6-12(7-4-10)18-14-8-5-11(15)9-17-14/h3-9,13H,2,16H2,1H3/t13-/m1/s1. The van der Waals surface area contributed by atoms with E-state index in [2.05, 4.69) is 36.2 Å². The summed E-state index contributed by atoms with van der Waals surface area (Å²) in [6, 6.07) is 12.2. The molecule has 0 saturated heterocycles. The fourth-order valence-corrected chi connectivity index (χ4v) is 2.43. The van der Waals surface area contributed by atoms with Crippen LogP contribution >= 0.6 is 23.4 Å². The van der Waals surface area contributed by atoms with Crippen LogP contribution in [0, 0.1) is 0 Å². The molecule has 1 atom stereocenters. The Morgan fingerprint density at radius 2 is 1.94 bits per heavy atom. The highest BCUT2D eigenvalue weighted by Crippen LogP contribution is 2.27. The molecule has 0 unspecified atom stereocenters. The van der Waals surface area contributed by atoms with Gasteiger partial charge in [0.2, 0.25) is 0 Å². The lowest BCUT2D eigenvalue weighted by Crippen LogP contribution is -2.07. The fourth-order valence-electron chi connectivity index (χ4n) is 1.56. The van der Waals surface area contributed by atoms with E-state index in [1.165, 1.54) is 5.56 Å². The van der Waals surface area contributed by atoms with Gasteiger partial charge in [0.1, 0.15) is 5.03 Å². The minimum atomic E-state index is 0.123. The molecule has 1 heterocycles. The van der Waals surface area contributed by atoms with Gasteiger partial charge in [0.05, 0.1) is 5.02 Å². The number of aromatic nitrogens is 1. The number of hydrogen-bond acceptors (Lipinski definition) is 3. The minimum absolute atomic E-state index is 0.123. The molecular formula is C14H15ClN2S. The average molecular weight is 279 g/mol. The van der Waals surface area contributed by atoms with Crippen molar-refractivity contribution in [3.05, 3.63) is 53.2 Å². The number of nitrogens with zero attached hydrogens (tertiary/aromatic N) is 1. The smallest absolute Gasteiger partial charge is 0.101 e. The second-order valence-electron chi connectivity index (χ2n) is 4.00. The maximum absolute atomic E-state index is 5.98. The topological polar surface area (TPSA) is 38.9 Å². The van der Waals surface area contributed by atoms with Crippen LogP contribution in [0.5, 0.6) is 0 Å². The maximum atomic E-state index is 5.98. The first kappa shape index (κ1) is 13.4. The third kappa shape index (κ3) is 3.48. The Labute approximate surface area is 117 Å². The third-order valence-corrected chi connectivity index (χ3v) is 3.85. The molecule has 0 saturated carbocycles. The van der Waals surface area contributed by atoms with Gasteiger partial charge in [-0.15, -0.1) is 0 Å². The second kappa shape index (κ2) is 6.23. The summed E-state index contributed by atoms with van der Waals surface area (Å²) in [7, 11) is 0. The van der Waals surface area contributed by atoms with E-state index in [-0.39, 0.29) is 6.04 Å². The summed E-state index contributed by atoms with van der Waals surface area (Å²) in [6.07, 6.45) is 2.61. The van der Waals surface area contributed by atoms with Gasteiger partial charge in [0.15, 0.2) is 0 Å². The molecule has 94 valence electrons. The molecular weight excluding hydrogens is 264 g/mol. The van der Waals surface area contributed by atoms with E-state index < -0.39 is 0 Å². The van der Waals surface area contributed by atoms with Crippen LogP contribution in [-0.2, 0) is 0 Å². The third-order valence-electron chi connectivity index (χ3n) is 2.67. The van der Waals surface area contributed by atoms with E-state index in [1.807, 2.05) is 12.1 Å². The van der Waals surface area contributed by atoms with Crippen LogP contribution < -0.4 is 5.73 Å². The molecule has 2 rings (SSSR count). The number of pyridine rings is 1. The Balaban J connectivity index is 2.08. The van der Waals surface area contributed by atoms with Gasteiger partial charge in [0.25, 0.3) is 0 Å². The van der Waals surface area contributed by atoms with E-state index >= 15 is 0 Å². The fraction of sp³-hybridized carbons (Fsp3) is 0.214. The average Bonchev–Trinajstić information content (AvgIpc) is 2.41. The van der Waals surface area contributed by atoms with Crippen molar-refractivity contribution in [3.8, 4) is 0 Å². The van der Waals surface area contributed by atoms with Crippen molar-refractivity contribution in [2.45, 2.75) is 29.3 Å². The van der Waals surface area contributed by atoms with Gasteiger partial charge >= 0.3 is 0 Å². The zero-order valence-corrected chi connectivity index (χ0v) is 11.7. The van der Waals surface area contributed by atoms with Gasteiger partial charge in [-0.25, -0.2) is 4.98 Å². The lowest BCUT2D eigenvalue weighted by molar-refractivity contribution is 0.698. The normalized spacial score (nSPS) is 12.4. The molecule has 0 amide bonds. The van der Waals surface area contributed by atoms with Gasteiger partial charge in [-0.3, -0.25) is 0 Å². The highest BCUT2D eigenvalue weighted by Gasteiger charge is 2.04. The molecule has 0 fully saturated rings. The van der Waals surface area contributed by atoms with Crippen LogP contribution in [0.3, 0.4) is 0 Å². The number of rotatable bonds is 4. The predicted molar refractivity (Wildman–Crippen MR) is 77.0 cm³/mol. The first-order chi connectivity index (χ1) is 8.69. The monoisotopic (exact) mass is 278 g/mol. The summed E-state index contributed by atoms with van der Waals surface area (Å²) in [4.78, 5) is 5.40. The molecule has 0 aliphatic rings. The van der Waals surface area contributed by atoms with Crippen molar-refractivity contribution in [3.63, 3.8) is 0 Å². The molecule has 0 aliphatic heterocycles. The van der Waals surface area contributed by atoms with Gasteiger partial charge in [-0.1, -0.05) is 42.4 Å². The molecule has 4 heteroatoms. The number of nitrogens with two attached hydrogens (primary N) is 1. The van der Waals surface area contributed by atoms with Crippen LogP contribution in [-0.4, -0.2) is 4.98 Å². The van der Waals surface area contributed by atoms with Crippen molar-refractivity contribution < 1.29 is 0 Å². The zero-order chi connectivity index (χ0) is 13.0. The van der Waals surface area contributed by atoms with Gasteiger partial charge in [-0.2, -0.15) is 0 Å². The molecule has 18 heavy (non-hydrogen) atoms. The quantitative estimate of drug-likeness (QED) is 0.906. The first-order valence-electron chi connectivity index (χ1n) is 5.84. The molecule has 0 aliphatic carbocycles. The first-order valence-corrected chi connectivity index (χ1v) is 7.03. The van der Waals surface area contributed by atoms with Gasteiger partial charge < -0.3 is 5.73 Å². The Morgan fingerprint density at radius 1 is 1.22 bits per heavy atom. The predicted octanol–water partition coefficient (Wildman–Crippen LogP) is 4.30. The van der Waals surface area contributed by atoms with Crippen LogP contribution in [0.4, 0.5) is 0 Å². The SMILES string of the molecule is CC[C@@H](N)c1ccc(Sc2ccc(Cl)cn2)cc1. The van der Waals surface area contributed by atoms with Crippen molar-refractivity contribution in [1.82, 2.24) is 4.98 Å². The largest absolute Gasteiger partial charge is 0.324 e. The molecule has 1 aromatic heterocycles. The lowest BCUT2D eigenvalue weighted by Gasteiger charge is -2.09. The number of halogens is 1. The minimum Gasteiger partial charge on any atom is -0.324 e. The summed E-state index contributed by atoms with van der Waals surface area (Å²) < 4.78 is 0. The van der Waals surface area contributed by atoms with E-state index in [9.17, 15) is 0 Å². The summed E-state index contributed by atoms with van der Waals surface area (Å²) in [6.45, 7) is 2.09. The molecule has 2 N–H and O–H groups in total. The maximum Gasteiger partial charge on any atom is 0.101 e. The van der Waals surface area contributed by atoms with Crippen LogP contribution in [0.25, 0.3) is 0 Å². The van der Waals surface area contributed by atoms with Crippen molar-refractivity contribution in [2.24, 2.45) is 5.73 Å². The Morgan fingerprint density at radius 3 is 2.50 bits per heavy atom. The molecule has 2 aromatic rings. The molecule has 0 radical (unpaired) electrons. The Bertz CT molecular complexity index is 496. The van der Waals surface area contributed by atoms with E-state index in [4.69, 9.17) is 17.3 Å². The summed E-state index contributed by atoms with van der Waals surface area (Å²) in [5.41, 5.74) is 7.15. The van der Waals surface area contributed by atoms with Crippen LogP contribution in [0.15, 0.2) is 52.5 Å². The molecule has 0 spiro atoms. The van der Waals surface area contributed by atoms with Gasteiger partial charge in [-0.05, 0) is 36.2 Å². The Kier molecular flexibility index (Phi) is 4.64. The molecule has 0 bridgehead atoms. The van der Waals surface area contributed by atoms with E-state index in [0.717, 1.165) is 16.3 Å². The second-order valence-corrected chi connectivity index (χ2v) is 5.53.